The van der Waals surface area contributed by atoms with Gasteiger partial charge in [0, 0.05) is 0 Å². The summed E-state index contributed by atoms with van der Waals surface area (Å²) in [6, 6.07) is 1.85. The Kier molecular flexibility index (Phi) is 3.45. The summed E-state index contributed by atoms with van der Waals surface area (Å²) < 4.78 is 33.8. The van der Waals surface area contributed by atoms with Gasteiger partial charge in [-0.25, -0.2) is 0 Å². The maximum Gasteiger partial charge on any atom is 0.586 e. The zero-order chi connectivity index (χ0) is 11.3. The van der Waals surface area contributed by atoms with Crippen molar-refractivity contribution in [2.75, 3.05) is 0 Å². The molecular formula is C10H9F2NO2. The molecule has 0 atom stereocenters. The molecule has 0 aromatic rings. The summed E-state index contributed by atoms with van der Waals surface area (Å²) in [5, 5.41) is 8.26. The lowest BCUT2D eigenvalue weighted by Crippen LogP contribution is -2.16. The number of nitrogens with zero attached hydrogens (tertiary/aromatic N) is 1. The first kappa shape index (κ1) is 11.2. The second kappa shape index (κ2) is 4.60. The summed E-state index contributed by atoms with van der Waals surface area (Å²) in [6.07, 6.45) is 2.14. The van der Waals surface area contributed by atoms with Gasteiger partial charge in [0.2, 0.25) is 0 Å². The van der Waals surface area contributed by atoms with E-state index in [-0.39, 0.29) is 17.9 Å². The quantitative estimate of drug-likeness (QED) is 0.723. The Morgan fingerprint density at radius 1 is 1.33 bits per heavy atom. The van der Waals surface area contributed by atoms with Crippen molar-refractivity contribution >= 4 is 0 Å². The molecule has 0 radical (unpaired) electrons. The summed E-state index contributed by atoms with van der Waals surface area (Å²) in [6.45, 7) is 1.67. The van der Waals surface area contributed by atoms with Gasteiger partial charge in [-0.1, -0.05) is 12.2 Å². The van der Waals surface area contributed by atoms with Gasteiger partial charge in [0.15, 0.2) is 11.5 Å². The lowest BCUT2D eigenvalue weighted by Gasteiger charge is -2.06. The molecule has 3 nitrogen and oxygen atoms in total. The van der Waals surface area contributed by atoms with Crippen LogP contribution in [0.5, 0.6) is 0 Å². The van der Waals surface area contributed by atoms with Crippen LogP contribution in [-0.4, -0.2) is 6.29 Å². The molecule has 0 N–H and O–H groups in total. The van der Waals surface area contributed by atoms with Crippen molar-refractivity contribution in [1.82, 2.24) is 0 Å². The van der Waals surface area contributed by atoms with E-state index in [2.05, 4.69) is 9.47 Å². The van der Waals surface area contributed by atoms with Crippen molar-refractivity contribution < 1.29 is 18.3 Å². The molecule has 1 aliphatic rings. The molecule has 80 valence electrons. The number of ether oxygens (including phenoxy) is 2. The third-order valence-corrected chi connectivity index (χ3v) is 1.50. The second-order valence-corrected chi connectivity index (χ2v) is 2.66. The molecule has 1 rings (SSSR count). The van der Waals surface area contributed by atoms with Gasteiger partial charge in [-0.15, -0.1) is 8.78 Å². The first-order valence-corrected chi connectivity index (χ1v) is 4.25. The minimum absolute atomic E-state index is 0.0447. The van der Waals surface area contributed by atoms with Crippen LogP contribution in [0.2, 0.25) is 0 Å². The SMILES string of the molecule is C/C=C\C1=C(/C=C/CC#N)OC(F)(F)O1. The predicted octanol–water partition coefficient (Wildman–Crippen LogP) is 2.84. The van der Waals surface area contributed by atoms with E-state index < -0.39 is 6.29 Å². The van der Waals surface area contributed by atoms with Gasteiger partial charge in [0.05, 0.1) is 12.5 Å². The van der Waals surface area contributed by atoms with Gasteiger partial charge in [0.1, 0.15) is 0 Å². The van der Waals surface area contributed by atoms with Crippen LogP contribution in [0.25, 0.3) is 0 Å². The maximum atomic E-state index is 12.7. The average molecular weight is 213 g/mol. The van der Waals surface area contributed by atoms with Crippen LogP contribution in [0.4, 0.5) is 8.78 Å². The highest BCUT2D eigenvalue weighted by atomic mass is 19.3. The smallest absolute Gasteiger partial charge is 0.395 e. The molecule has 0 saturated carbocycles. The van der Waals surface area contributed by atoms with Crippen molar-refractivity contribution in [3.8, 4) is 6.07 Å². The van der Waals surface area contributed by atoms with Gasteiger partial charge >= 0.3 is 6.29 Å². The number of rotatable bonds is 3. The second-order valence-electron chi connectivity index (χ2n) is 2.66. The highest BCUT2D eigenvalue weighted by Gasteiger charge is 2.43. The molecule has 15 heavy (non-hydrogen) atoms. The normalized spacial score (nSPS) is 19.3. The van der Waals surface area contributed by atoms with E-state index in [1.54, 1.807) is 13.0 Å². The minimum atomic E-state index is -3.62. The molecule has 5 heteroatoms. The van der Waals surface area contributed by atoms with Gasteiger partial charge in [0.25, 0.3) is 0 Å². The fourth-order valence-corrected chi connectivity index (χ4v) is 0.980. The van der Waals surface area contributed by atoms with Gasteiger partial charge in [-0.05, 0) is 19.1 Å². The van der Waals surface area contributed by atoms with Gasteiger partial charge in [-0.3, -0.25) is 0 Å². The lowest BCUT2D eigenvalue weighted by atomic mass is 10.3. The topological polar surface area (TPSA) is 42.2 Å². The van der Waals surface area contributed by atoms with E-state index in [9.17, 15) is 8.78 Å². The van der Waals surface area contributed by atoms with Gasteiger partial charge < -0.3 is 9.47 Å². The molecule has 0 unspecified atom stereocenters. The van der Waals surface area contributed by atoms with Crippen molar-refractivity contribution in [3.05, 3.63) is 35.8 Å². The number of nitriles is 1. The van der Waals surface area contributed by atoms with Crippen LogP contribution in [0.1, 0.15) is 13.3 Å². The Bertz CT molecular complexity index is 364. The number of alkyl halides is 2. The molecule has 0 saturated heterocycles. The minimum Gasteiger partial charge on any atom is -0.395 e. The van der Waals surface area contributed by atoms with Crippen LogP contribution >= 0.6 is 0 Å². The standard InChI is InChI=1S/C10H9F2NO2/c1-2-5-8-9(6-3-4-7-13)15-10(11,12)14-8/h2-3,5-6H,4H2,1H3/b5-2-,6-3+. The van der Waals surface area contributed by atoms with Crippen molar-refractivity contribution in [2.45, 2.75) is 19.6 Å². The van der Waals surface area contributed by atoms with E-state index in [0.29, 0.717) is 0 Å². The Balaban J connectivity index is 2.81. The first-order valence-electron chi connectivity index (χ1n) is 4.25. The highest BCUT2D eigenvalue weighted by molar-refractivity contribution is 5.27. The third-order valence-electron chi connectivity index (χ3n) is 1.50. The summed E-state index contributed by atoms with van der Waals surface area (Å²) in [4.78, 5) is 0. The molecule has 0 aromatic carbocycles. The van der Waals surface area contributed by atoms with Crippen LogP contribution in [0.3, 0.4) is 0 Å². The number of halogens is 2. The fourth-order valence-electron chi connectivity index (χ4n) is 0.980. The summed E-state index contributed by atoms with van der Waals surface area (Å²) in [5.41, 5.74) is 0. The molecule has 0 fully saturated rings. The maximum absolute atomic E-state index is 12.7. The molecule has 0 amide bonds. The van der Waals surface area contributed by atoms with Crippen molar-refractivity contribution in [3.63, 3.8) is 0 Å². The molecule has 1 aliphatic heterocycles. The summed E-state index contributed by atoms with van der Waals surface area (Å²) >= 11 is 0. The zero-order valence-corrected chi connectivity index (χ0v) is 8.04. The summed E-state index contributed by atoms with van der Waals surface area (Å²) in [5.74, 6) is -0.120. The van der Waals surface area contributed by atoms with Gasteiger partial charge in [-0.2, -0.15) is 5.26 Å². The van der Waals surface area contributed by atoms with E-state index in [0.717, 1.165) is 0 Å². The number of hydrogen-bond donors (Lipinski definition) is 0. The van der Waals surface area contributed by atoms with E-state index in [1.165, 1.54) is 18.2 Å². The van der Waals surface area contributed by atoms with E-state index >= 15 is 0 Å². The summed E-state index contributed by atoms with van der Waals surface area (Å²) in [7, 11) is 0. The van der Waals surface area contributed by atoms with Crippen LogP contribution < -0.4 is 0 Å². The van der Waals surface area contributed by atoms with Crippen LogP contribution in [-0.2, 0) is 9.47 Å². The molecule has 0 aliphatic carbocycles. The Labute approximate surface area is 85.9 Å². The molecular weight excluding hydrogens is 204 g/mol. The molecule has 0 spiro atoms. The Morgan fingerprint density at radius 3 is 2.47 bits per heavy atom. The van der Waals surface area contributed by atoms with Crippen LogP contribution in [0.15, 0.2) is 35.8 Å². The Hall–Kier alpha value is -1.83. The van der Waals surface area contributed by atoms with Crippen molar-refractivity contribution in [2.24, 2.45) is 0 Å². The number of allylic oxidation sites excluding steroid dienone is 4. The Morgan fingerprint density at radius 2 is 1.93 bits per heavy atom. The third kappa shape index (κ3) is 3.09. The fraction of sp³-hybridized carbons (Fsp3) is 0.300. The van der Waals surface area contributed by atoms with Crippen LogP contribution in [0, 0.1) is 11.3 Å². The average Bonchev–Trinajstić information content (AvgIpc) is 2.42. The van der Waals surface area contributed by atoms with Crippen molar-refractivity contribution in [1.29, 1.82) is 5.26 Å². The zero-order valence-electron chi connectivity index (χ0n) is 8.04. The monoisotopic (exact) mass is 213 g/mol. The number of hydrogen-bond acceptors (Lipinski definition) is 3. The first-order chi connectivity index (χ1) is 7.09. The lowest BCUT2D eigenvalue weighted by molar-refractivity contribution is -0.335. The predicted molar refractivity (Wildman–Crippen MR) is 48.3 cm³/mol. The highest BCUT2D eigenvalue weighted by Crippen LogP contribution is 2.34. The largest absolute Gasteiger partial charge is 0.586 e. The van der Waals surface area contributed by atoms with E-state index in [4.69, 9.17) is 5.26 Å². The van der Waals surface area contributed by atoms with E-state index in [1.807, 2.05) is 6.07 Å². The molecule has 1 heterocycles. The molecule has 0 aromatic heterocycles. The molecule has 0 bridgehead atoms.